The number of halogens is 2. The molecule has 1 aromatic rings. The van der Waals surface area contributed by atoms with Crippen LogP contribution in [0.25, 0.3) is 0 Å². The molecule has 0 saturated carbocycles. The Hall–Kier alpha value is -1.04. The predicted molar refractivity (Wildman–Crippen MR) is 78.8 cm³/mol. The number of likely N-dealkylation sites (tertiary alicyclic amines) is 1. The third kappa shape index (κ3) is 5.02. The molecule has 2 rings (SSSR count). The van der Waals surface area contributed by atoms with Gasteiger partial charge in [-0.25, -0.2) is 8.78 Å². The average molecular weight is 298 g/mol. The molecule has 5 heteroatoms. The van der Waals surface area contributed by atoms with Crippen molar-refractivity contribution in [2.45, 2.75) is 31.7 Å². The van der Waals surface area contributed by atoms with Crippen LogP contribution in [0, 0.1) is 17.6 Å². The van der Waals surface area contributed by atoms with Crippen LogP contribution >= 0.6 is 0 Å². The van der Waals surface area contributed by atoms with Gasteiger partial charge in [-0.15, -0.1) is 0 Å². The molecular weight excluding hydrogens is 274 g/mol. The minimum absolute atomic E-state index is 0.237. The molecule has 1 saturated heterocycles. The van der Waals surface area contributed by atoms with Gasteiger partial charge in [0.25, 0.3) is 0 Å². The molecule has 21 heavy (non-hydrogen) atoms. The summed E-state index contributed by atoms with van der Waals surface area (Å²) >= 11 is 0. The molecule has 3 nitrogen and oxygen atoms in total. The molecule has 0 bridgehead atoms. The molecule has 0 amide bonds. The second-order valence-electron chi connectivity index (χ2n) is 5.92. The molecule has 2 unspecified atom stereocenters. The topological polar surface area (TPSA) is 49.5 Å². The standard InChI is InChI=1S/C16H24F2N2O/c17-14-8-13(9-15(18)10-14)16(19)3-6-20-5-1-2-12(11-20)4-7-21/h8-10,12,16,21H,1-7,11,19H2. The van der Waals surface area contributed by atoms with E-state index in [0.717, 1.165) is 45.0 Å². The fourth-order valence-corrected chi connectivity index (χ4v) is 3.05. The van der Waals surface area contributed by atoms with Crippen molar-refractivity contribution in [1.29, 1.82) is 0 Å². The minimum atomic E-state index is -0.582. The first-order chi connectivity index (χ1) is 10.1. The van der Waals surface area contributed by atoms with Crippen LogP contribution in [0.1, 0.15) is 37.3 Å². The average Bonchev–Trinajstić information content (AvgIpc) is 2.44. The molecule has 2 atom stereocenters. The van der Waals surface area contributed by atoms with Crippen molar-refractivity contribution >= 4 is 0 Å². The number of aliphatic hydroxyl groups is 1. The van der Waals surface area contributed by atoms with Gasteiger partial charge in [0, 0.05) is 25.3 Å². The van der Waals surface area contributed by atoms with Gasteiger partial charge < -0.3 is 15.7 Å². The molecule has 0 aromatic heterocycles. The van der Waals surface area contributed by atoms with E-state index in [1.807, 2.05) is 0 Å². The van der Waals surface area contributed by atoms with E-state index in [9.17, 15) is 8.78 Å². The maximum Gasteiger partial charge on any atom is 0.126 e. The summed E-state index contributed by atoms with van der Waals surface area (Å²) in [6, 6.07) is 3.12. The van der Waals surface area contributed by atoms with Gasteiger partial charge >= 0.3 is 0 Å². The van der Waals surface area contributed by atoms with Crippen LogP contribution in [-0.4, -0.2) is 36.2 Å². The Morgan fingerprint density at radius 3 is 2.67 bits per heavy atom. The van der Waals surface area contributed by atoms with E-state index in [-0.39, 0.29) is 12.6 Å². The summed E-state index contributed by atoms with van der Waals surface area (Å²) in [6.45, 7) is 3.07. The number of hydrogen-bond donors (Lipinski definition) is 2. The first kappa shape index (κ1) is 16.3. The van der Waals surface area contributed by atoms with Gasteiger partial charge in [0.2, 0.25) is 0 Å². The highest BCUT2D eigenvalue weighted by molar-refractivity contribution is 5.21. The lowest BCUT2D eigenvalue weighted by Crippen LogP contribution is -2.37. The van der Waals surface area contributed by atoms with Gasteiger partial charge in [0.05, 0.1) is 0 Å². The van der Waals surface area contributed by atoms with Crippen LogP contribution in [-0.2, 0) is 0 Å². The lowest BCUT2D eigenvalue weighted by Gasteiger charge is -2.33. The molecule has 1 aromatic carbocycles. The SMILES string of the molecule is NC(CCN1CCCC(CCO)C1)c1cc(F)cc(F)c1. The Balaban J connectivity index is 1.84. The third-order valence-electron chi connectivity index (χ3n) is 4.21. The van der Waals surface area contributed by atoms with Crippen molar-refractivity contribution in [2.75, 3.05) is 26.2 Å². The van der Waals surface area contributed by atoms with E-state index in [1.165, 1.54) is 12.1 Å². The third-order valence-corrected chi connectivity index (χ3v) is 4.21. The van der Waals surface area contributed by atoms with Crippen molar-refractivity contribution in [1.82, 2.24) is 4.90 Å². The molecule has 0 spiro atoms. The molecule has 1 heterocycles. The number of aliphatic hydroxyl groups excluding tert-OH is 1. The summed E-state index contributed by atoms with van der Waals surface area (Å²) in [5, 5.41) is 9.01. The van der Waals surface area contributed by atoms with E-state index in [2.05, 4.69) is 4.90 Å². The molecule has 3 N–H and O–H groups in total. The van der Waals surface area contributed by atoms with E-state index in [4.69, 9.17) is 10.8 Å². The largest absolute Gasteiger partial charge is 0.396 e. The monoisotopic (exact) mass is 298 g/mol. The van der Waals surface area contributed by atoms with Crippen molar-refractivity contribution < 1.29 is 13.9 Å². The summed E-state index contributed by atoms with van der Waals surface area (Å²) in [5.41, 5.74) is 6.55. The number of piperidine rings is 1. The van der Waals surface area contributed by atoms with Crippen molar-refractivity contribution in [2.24, 2.45) is 11.7 Å². The van der Waals surface area contributed by atoms with Crippen LogP contribution in [0.15, 0.2) is 18.2 Å². The molecule has 0 aliphatic carbocycles. The van der Waals surface area contributed by atoms with Crippen molar-refractivity contribution in [3.05, 3.63) is 35.4 Å². The number of nitrogens with two attached hydrogens (primary N) is 1. The second-order valence-corrected chi connectivity index (χ2v) is 5.92. The second kappa shape index (κ2) is 7.82. The van der Waals surface area contributed by atoms with Gasteiger partial charge in [-0.1, -0.05) is 0 Å². The lowest BCUT2D eigenvalue weighted by atomic mass is 9.94. The Kier molecular flexibility index (Phi) is 6.08. The summed E-state index contributed by atoms with van der Waals surface area (Å²) in [4.78, 5) is 2.33. The number of nitrogens with zero attached hydrogens (tertiary/aromatic N) is 1. The van der Waals surface area contributed by atoms with Crippen LogP contribution in [0.4, 0.5) is 8.78 Å². The fourth-order valence-electron chi connectivity index (χ4n) is 3.05. The highest BCUT2D eigenvalue weighted by Crippen LogP contribution is 2.22. The van der Waals surface area contributed by atoms with E-state index < -0.39 is 11.6 Å². The Morgan fingerprint density at radius 2 is 2.00 bits per heavy atom. The van der Waals surface area contributed by atoms with E-state index in [0.29, 0.717) is 17.9 Å². The van der Waals surface area contributed by atoms with E-state index >= 15 is 0 Å². The zero-order valence-corrected chi connectivity index (χ0v) is 12.3. The van der Waals surface area contributed by atoms with Crippen molar-refractivity contribution in [3.8, 4) is 0 Å². The summed E-state index contributed by atoms with van der Waals surface area (Å²) in [5.74, 6) is -0.616. The predicted octanol–water partition coefficient (Wildman–Crippen LogP) is 2.45. The Morgan fingerprint density at radius 1 is 1.29 bits per heavy atom. The molecule has 1 aliphatic rings. The van der Waals surface area contributed by atoms with Crippen LogP contribution in [0.2, 0.25) is 0 Å². The van der Waals surface area contributed by atoms with Gasteiger partial charge in [-0.2, -0.15) is 0 Å². The quantitative estimate of drug-likeness (QED) is 0.848. The van der Waals surface area contributed by atoms with Gasteiger partial charge in [-0.3, -0.25) is 0 Å². The Labute approximate surface area is 124 Å². The van der Waals surface area contributed by atoms with Crippen LogP contribution in [0.5, 0.6) is 0 Å². The molecule has 118 valence electrons. The molecule has 1 aliphatic heterocycles. The lowest BCUT2D eigenvalue weighted by molar-refractivity contribution is 0.144. The normalized spacial score (nSPS) is 21.4. The smallest absolute Gasteiger partial charge is 0.126 e. The zero-order chi connectivity index (χ0) is 15.2. The maximum atomic E-state index is 13.2. The van der Waals surface area contributed by atoms with E-state index in [1.54, 1.807) is 0 Å². The number of hydrogen-bond acceptors (Lipinski definition) is 3. The van der Waals surface area contributed by atoms with Gasteiger partial charge in [-0.05, 0) is 62.4 Å². The van der Waals surface area contributed by atoms with Gasteiger partial charge in [0.15, 0.2) is 0 Å². The summed E-state index contributed by atoms with van der Waals surface area (Å²) in [6.07, 6.45) is 3.82. The summed E-state index contributed by atoms with van der Waals surface area (Å²) < 4.78 is 26.4. The fraction of sp³-hybridized carbons (Fsp3) is 0.625. The summed E-state index contributed by atoms with van der Waals surface area (Å²) in [7, 11) is 0. The number of rotatable bonds is 6. The first-order valence-corrected chi connectivity index (χ1v) is 7.63. The number of benzene rings is 1. The zero-order valence-electron chi connectivity index (χ0n) is 12.3. The van der Waals surface area contributed by atoms with Crippen molar-refractivity contribution in [3.63, 3.8) is 0 Å². The molecule has 1 fully saturated rings. The highest BCUT2D eigenvalue weighted by Gasteiger charge is 2.20. The maximum absolute atomic E-state index is 13.2. The van der Waals surface area contributed by atoms with Crippen LogP contribution < -0.4 is 5.73 Å². The highest BCUT2D eigenvalue weighted by atomic mass is 19.1. The Bertz CT molecular complexity index is 434. The minimum Gasteiger partial charge on any atom is -0.396 e. The van der Waals surface area contributed by atoms with Crippen LogP contribution in [0.3, 0.4) is 0 Å². The molecular formula is C16H24F2N2O. The first-order valence-electron chi connectivity index (χ1n) is 7.63. The molecule has 0 radical (unpaired) electrons. The van der Waals surface area contributed by atoms with Gasteiger partial charge in [0.1, 0.15) is 11.6 Å².